The summed E-state index contributed by atoms with van der Waals surface area (Å²) in [5.41, 5.74) is 9.84. The van der Waals surface area contributed by atoms with E-state index >= 15 is 0 Å². The van der Waals surface area contributed by atoms with Gasteiger partial charge >= 0.3 is 6.01 Å². The SMILES string of the molecule is Cc1cc(C)n(CC2(CNc3nnc([C@H](N)Cc4ccccc4)o3)CC2)n1. The van der Waals surface area contributed by atoms with E-state index in [-0.39, 0.29) is 11.5 Å². The van der Waals surface area contributed by atoms with Gasteiger partial charge in [-0.05, 0) is 44.7 Å². The first-order valence-corrected chi connectivity index (χ1v) is 9.41. The molecule has 0 unspecified atom stereocenters. The van der Waals surface area contributed by atoms with Crippen LogP contribution < -0.4 is 11.1 Å². The van der Waals surface area contributed by atoms with Crippen LogP contribution in [0, 0.1) is 19.3 Å². The fourth-order valence-corrected chi connectivity index (χ4v) is 3.39. The molecule has 0 amide bonds. The molecule has 0 saturated heterocycles. The van der Waals surface area contributed by atoms with Crippen LogP contribution in [0.1, 0.15) is 41.7 Å². The molecule has 27 heavy (non-hydrogen) atoms. The molecule has 3 N–H and O–H groups in total. The van der Waals surface area contributed by atoms with Crippen LogP contribution in [0.2, 0.25) is 0 Å². The standard InChI is InChI=1S/C20H26N6O/c1-14-10-15(2)26(25-14)13-20(8-9-20)12-22-19-24-23-18(27-19)17(21)11-16-6-4-3-5-7-16/h3-7,10,17H,8-9,11-13,21H2,1-2H3,(H,22,24)/t17-/m1/s1. The van der Waals surface area contributed by atoms with Gasteiger partial charge in [0.25, 0.3) is 0 Å². The monoisotopic (exact) mass is 366 g/mol. The predicted molar refractivity (Wildman–Crippen MR) is 103 cm³/mol. The summed E-state index contributed by atoms with van der Waals surface area (Å²) in [5, 5.41) is 16.1. The first-order valence-electron chi connectivity index (χ1n) is 9.41. The fourth-order valence-electron chi connectivity index (χ4n) is 3.39. The Morgan fingerprint density at radius 2 is 2.00 bits per heavy atom. The summed E-state index contributed by atoms with van der Waals surface area (Å²) in [6, 6.07) is 12.3. The van der Waals surface area contributed by atoms with Gasteiger partial charge in [-0.3, -0.25) is 4.68 Å². The Morgan fingerprint density at radius 1 is 1.22 bits per heavy atom. The summed E-state index contributed by atoms with van der Waals surface area (Å²) in [5.74, 6) is 0.463. The number of nitrogens with one attached hydrogen (secondary N) is 1. The van der Waals surface area contributed by atoms with Gasteiger partial charge in [0.2, 0.25) is 5.89 Å². The van der Waals surface area contributed by atoms with Gasteiger partial charge in [-0.2, -0.15) is 5.10 Å². The largest absolute Gasteiger partial charge is 0.406 e. The van der Waals surface area contributed by atoms with E-state index in [1.165, 1.54) is 18.5 Å². The van der Waals surface area contributed by atoms with Crippen LogP contribution in [0.3, 0.4) is 0 Å². The van der Waals surface area contributed by atoms with Gasteiger partial charge in [0, 0.05) is 24.2 Å². The average molecular weight is 366 g/mol. The van der Waals surface area contributed by atoms with E-state index in [1.54, 1.807) is 0 Å². The zero-order chi connectivity index (χ0) is 18.9. The first kappa shape index (κ1) is 17.7. The molecule has 0 bridgehead atoms. The lowest BCUT2D eigenvalue weighted by Gasteiger charge is -2.16. The molecule has 1 aliphatic carbocycles. The lowest BCUT2D eigenvalue weighted by molar-refractivity contribution is 0.401. The third-order valence-corrected chi connectivity index (χ3v) is 5.22. The molecule has 142 valence electrons. The topological polar surface area (TPSA) is 94.8 Å². The van der Waals surface area contributed by atoms with Gasteiger partial charge in [0.05, 0.1) is 11.7 Å². The van der Waals surface area contributed by atoms with Crippen molar-refractivity contribution in [3.8, 4) is 0 Å². The molecule has 1 saturated carbocycles. The number of nitrogens with zero attached hydrogens (tertiary/aromatic N) is 4. The van der Waals surface area contributed by atoms with Crippen molar-refractivity contribution in [2.75, 3.05) is 11.9 Å². The predicted octanol–water partition coefficient (Wildman–Crippen LogP) is 3.02. The Balaban J connectivity index is 1.33. The summed E-state index contributed by atoms with van der Waals surface area (Å²) in [6.45, 7) is 5.83. The Hall–Kier alpha value is -2.67. The minimum Gasteiger partial charge on any atom is -0.406 e. The molecule has 2 aromatic heterocycles. The van der Waals surface area contributed by atoms with E-state index in [1.807, 2.05) is 37.3 Å². The highest BCUT2D eigenvalue weighted by molar-refractivity contribution is 5.22. The molecule has 0 radical (unpaired) electrons. The Morgan fingerprint density at radius 3 is 2.67 bits per heavy atom. The number of aromatic nitrogens is 4. The van der Waals surface area contributed by atoms with Crippen molar-refractivity contribution < 1.29 is 4.42 Å². The normalized spacial score (nSPS) is 16.3. The maximum absolute atomic E-state index is 6.22. The second-order valence-electron chi connectivity index (χ2n) is 7.68. The molecule has 1 aromatic carbocycles. The van der Waals surface area contributed by atoms with Gasteiger partial charge < -0.3 is 15.5 Å². The summed E-state index contributed by atoms with van der Waals surface area (Å²) >= 11 is 0. The van der Waals surface area contributed by atoms with Gasteiger partial charge in [-0.15, -0.1) is 5.10 Å². The second kappa shape index (κ2) is 7.15. The van der Waals surface area contributed by atoms with Crippen molar-refractivity contribution in [2.45, 2.75) is 45.7 Å². The van der Waals surface area contributed by atoms with Gasteiger partial charge in [0.1, 0.15) is 0 Å². The van der Waals surface area contributed by atoms with Crippen LogP contribution in [0.15, 0.2) is 40.8 Å². The van der Waals surface area contributed by atoms with Crippen molar-refractivity contribution in [3.63, 3.8) is 0 Å². The van der Waals surface area contributed by atoms with Crippen LogP contribution in [0.5, 0.6) is 0 Å². The number of benzene rings is 1. The molecule has 1 fully saturated rings. The van der Waals surface area contributed by atoms with Crippen molar-refractivity contribution in [1.29, 1.82) is 0 Å². The summed E-state index contributed by atoms with van der Waals surface area (Å²) in [4.78, 5) is 0. The number of hydrogen-bond donors (Lipinski definition) is 2. The maximum atomic E-state index is 6.22. The lowest BCUT2D eigenvalue weighted by atomic mass is 10.1. The number of rotatable bonds is 8. The molecular weight excluding hydrogens is 340 g/mol. The van der Waals surface area contributed by atoms with E-state index in [0.29, 0.717) is 18.3 Å². The Kier molecular flexibility index (Phi) is 4.70. The number of aryl methyl sites for hydroxylation is 2. The zero-order valence-electron chi connectivity index (χ0n) is 15.9. The van der Waals surface area contributed by atoms with Crippen molar-refractivity contribution in [2.24, 2.45) is 11.1 Å². The van der Waals surface area contributed by atoms with E-state index in [2.05, 4.69) is 38.3 Å². The van der Waals surface area contributed by atoms with Crippen LogP contribution >= 0.6 is 0 Å². The van der Waals surface area contributed by atoms with Crippen molar-refractivity contribution >= 4 is 6.01 Å². The highest BCUT2D eigenvalue weighted by atomic mass is 16.4. The fraction of sp³-hybridized carbons (Fsp3) is 0.450. The average Bonchev–Trinajstić information content (AvgIpc) is 3.11. The van der Waals surface area contributed by atoms with Crippen LogP contribution in [0.4, 0.5) is 6.01 Å². The number of hydrogen-bond acceptors (Lipinski definition) is 6. The number of anilines is 1. The highest BCUT2D eigenvalue weighted by Gasteiger charge is 2.43. The third-order valence-electron chi connectivity index (χ3n) is 5.22. The molecule has 0 spiro atoms. The van der Waals surface area contributed by atoms with E-state index < -0.39 is 0 Å². The van der Waals surface area contributed by atoms with E-state index in [9.17, 15) is 0 Å². The van der Waals surface area contributed by atoms with Gasteiger partial charge in [-0.1, -0.05) is 35.4 Å². The highest BCUT2D eigenvalue weighted by Crippen LogP contribution is 2.47. The maximum Gasteiger partial charge on any atom is 0.315 e. The van der Waals surface area contributed by atoms with Crippen molar-refractivity contribution in [3.05, 3.63) is 59.2 Å². The molecule has 7 nitrogen and oxygen atoms in total. The second-order valence-corrected chi connectivity index (χ2v) is 7.68. The smallest absolute Gasteiger partial charge is 0.315 e. The van der Waals surface area contributed by atoms with E-state index in [4.69, 9.17) is 10.2 Å². The Labute approximate surface area is 159 Å². The molecule has 7 heteroatoms. The molecule has 2 heterocycles. The quantitative estimate of drug-likeness (QED) is 0.636. The van der Waals surface area contributed by atoms with E-state index in [0.717, 1.165) is 24.3 Å². The molecule has 1 atom stereocenters. The summed E-state index contributed by atoms with van der Waals surface area (Å²) in [7, 11) is 0. The third kappa shape index (κ3) is 4.19. The van der Waals surface area contributed by atoms with Gasteiger partial charge in [-0.25, -0.2) is 0 Å². The first-order chi connectivity index (χ1) is 13.0. The Bertz CT molecular complexity index is 896. The summed E-state index contributed by atoms with van der Waals surface area (Å²) in [6.07, 6.45) is 3.02. The molecule has 4 rings (SSSR count). The molecular formula is C20H26N6O. The molecule has 0 aliphatic heterocycles. The minimum atomic E-state index is -0.306. The zero-order valence-corrected chi connectivity index (χ0v) is 15.9. The summed E-state index contributed by atoms with van der Waals surface area (Å²) < 4.78 is 7.83. The molecule has 1 aliphatic rings. The van der Waals surface area contributed by atoms with Gasteiger partial charge in [0.15, 0.2) is 0 Å². The van der Waals surface area contributed by atoms with Crippen LogP contribution in [-0.2, 0) is 13.0 Å². The molecule has 3 aromatic rings. The van der Waals surface area contributed by atoms with Crippen LogP contribution in [0.25, 0.3) is 0 Å². The lowest BCUT2D eigenvalue weighted by Crippen LogP contribution is -2.22. The number of nitrogens with two attached hydrogens (primary N) is 1. The van der Waals surface area contributed by atoms with Crippen LogP contribution in [-0.4, -0.2) is 26.5 Å². The van der Waals surface area contributed by atoms with Crippen molar-refractivity contribution in [1.82, 2.24) is 20.0 Å². The minimum absolute atomic E-state index is 0.212.